The number of hydrogen-bond acceptors (Lipinski definition) is 5. The fraction of sp³-hybridized carbons (Fsp3) is 0.429. The lowest BCUT2D eigenvalue weighted by molar-refractivity contribution is 0.0500. The zero-order chi connectivity index (χ0) is 25.9. The van der Waals surface area contributed by atoms with E-state index in [-0.39, 0.29) is 35.5 Å². The molecule has 1 atom stereocenters. The normalized spacial score (nSPS) is 16.0. The van der Waals surface area contributed by atoms with E-state index in [1.54, 1.807) is 15.7 Å². The van der Waals surface area contributed by atoms with Crippen molar-refractivity contribution < 1.29 is 17.9 Å². The lowest BCUT2D eigenvalue weighted by Crippen LogP contribution is -2.37. The van der Waals surface area contributed by atoms with Gasteiger partial charge >= 0.3 is 0 Å². The largest absolute Gasteiger partial charge is 0.376 e. The number of carbonyl (C=O) groups is 1. The molecule has 0 spiro atoms. The minimum absolute atomic E-state index is 0.0286. The topological polar surface area (TPSA) is 81.5 Å². The van der Waals surface area contributed by atoms with Crippen molar-refractivity contribution in [2.24, 2.45) is 0 Å². The van der Waals surface area contributed by atoms with Gasteiger partial charge in [0.15, 0.2) is 0 Å². The van der Waals surface area contributed by atoms with E-state index in [4.69, 9.17) is 4.74 Å². The number of nitrogens with zero attached hydrogens (tertiary/aromatic N) is 3. The third kappa shape index (κ3) is 5.87. The van der Waals surface area contributed by atoms with Crippen LogP contribution in [0.25, 0.3) is 0 Å². The van der Waals surface area contributed by atoms with E-state index in [9.17, 15) is 13.2 Å². The maximum Gasteiger partial charge on any atom is 0.254 e. The molecule has 2 aromatic carbocycles. The Morgan fingerprint density at radius 3 is 2.50 bits per heavy atom. The van der Waals surface area contributed by atoms with Crippen molar-refractivity contribution in [2.45, 2.75) is 70.1 Å². The second-order valence-corrected chi connectivity index (χ2v) is 11.8. The molecule has 4 rings (SSSR count). The first-order valence-corrected chi connectivity index (χ1v) is 14.1. The Hall–Kier alpha value is -2.97. The summed E-state index contributed by atoms with van der Waals surface area (Å²) in [5.41, 5.74) is 4.05. The summed E-state index contributed by atoms with van der Waals surface area (Å²) in [6, 6.07) is 14.8. The molecule has 8 heteroatoms. The van der Waals surface area contributed by atoms with Gasteiger partial charge < -0.3 is 14.2 Å². The summed E-state index contributed by atoms with van der Waals surface area (Å²) in [7, 11) is -3.70. The molecule has 3 aromatic rings. The van der Waals surface area contributed by atoms with Crippen LogP contribution in [0, 0.1) is 13.8 Å². The van der Waals surface area contributed by atoms with Crippen LogP contribution in [0.2, 0.25) is 0 Å². The highest BCUT2D eigenvalue weighted by molar-refractivity contribution is 7.90. The lowest BCUT2D eigenvalue weighted by Gasteiger charge is -2.27. The fourth-order valence-electron chi connectivity index (χ4n) is 4.65. The standard InChI is InChI=1S/C28H35N3O4S/c1-20(2)31-25(16-29-28(31)36(33,34)19-24-9-6-5-8-22(24)4)17-30(18-26-10-7-15-35-26)27(32)23-13-11-21(3)12-14-23/h5-6,8-9,11-14,16,20,26H,7,10,15,17-19H2,1-4H3/t26-/m1/s1. The van der Waals surface area contributed by atoms with E-state index >= 15 is 0 Å². The Morgan fingerprint density at radius 2 is 1.86 bits per heavy atom. The molecule has 0 saturated carbocycles. The third-order valence-corrected chi connectivity index (χ3v) is 8.18. The van der Waals surface area contributed by atoms with Gasteiger partial charge in [-0.05, 0) is 63.8 Å². The van der Waals surface area contributed by atoms with Gasteiger partial charge in [-0.1, -0.05) is 42.0 Å². The number of benzene rings is 2. The van der Waals surface area contributed by atoms with Gasteiger partial charge in [0.05, 0.1) is 30.3 Å². The van der Waals surface area contributed by atoms with Crippen molar-refractivity contribution in [1.82, 2.24) is 14.5 Å². The number of carbonyl (C=O) groups excluding carboxylic acids is 1. The van der Waals surface area contributed by atoms with E-state index in [0.717, 1.165) is 29.5 Å². The number of imidazole rings is 1. The van der Waals surface area contributed by atoms with Crippen LogP contribution in [-0.2, 0) is 26.9 Å². The second kappa shape index (κ2) is 11.0. The lowest BCUT2D eigenvalue weighted by atomic mass is 10.1. The number of aryl methyl sites for hydroxylation is 2. The van der Waals surface area contributed by atoms with Gasteiger partial charge in [0.25, 0.3) is 5.91 Å². The molecule has 192 valence electrons. The van der Waals surface area contributed by atoms with Gasteiger partial charge in [-0.15, -0.1) is 0 Å². The monoisotopic (exact) mass is 509 g/mol. The molecular formula is C28H35N3O4S. The first-order chi connectivity index (χ1) is 17.2. The SMILES string of the molecule is Cc1ccc(C(=O)N(Cc2cnc(S(=O)(=O)Cc3ccccc3C)n2C(C)C)C[C@H]2CCCO2)cc1. The predicted molar refractivity (Wildman–Crippen MR) is 140 cm³/mol. The second-order valence-electron chi connectivity index (χ2n) is 9.87. The zero-order valence-electron chi connectivity index (χ0n) is 21.5. The van der Waals surface area contributed by atoms with Crippen LogP contribution in [0.15, 0.2) is 59.9 Å². The molecule has 1 saturated heterocycles. The summed E-state index contributed by atoms with van der Waals surface area (Å²) in [5, 5.41) is 0.0376. The molecule has 0 bridgehead atoms. The Labute approximate surface area is 214 Å². The number of amides is 1. The molecule has 1 amide bonds. The summed E-state index contributed by atoms with van der Waals surface area (Å²) in [6.45, 7) is 9.15. The van der Waals surface area contributed by atoms with Crippen molar-refractivity contribution >= 4 is 15.7 Å². The van der Waals surface area contributed by atoms with Gasteiger partial charge in [-0.3, -0.25) is 4.79 Å². The van der Waals surface area contributed by atoms with Crippen LogP contribution in [0.3, 0.4) is 0 Å². The molecule has 0 unspecified atom stereocenters. The summed E-state index contributed by atoms with van der Waals surface area (Å²) in [4.78, 5) is 19.7. The highest BCUT2D eigenvalue weighted by atomic mass is 32.2. The highest BCUT2D eigenvalue weighted by Gasteiger charge is 2.29. The number of ether oxygens (including phenoxy) is 1. The Bertz CT molecular complexity index is 1310. The maximum absolute atomic E-state index is 13.5. The molecular weight excluding hydrogens is 474 g/mol. The summed E-state index contributed by atoms with van der Waals surface area (Å²) in [6.07, 6.45) is 3.44. The van der Waals surface area contributed by atoms with Crippen molar-refractivity contribution in [2.75, 3.05) is 13.2 Å². The Morgan fingerprint density at radius 1 is 1.14 bits per heavy atom. The Balaban J connectivity index is 1.66. The molecule has 1 aliphatic rings. The highest BCUT2D eigenvalue weighted by Crippen LogP contribution is 2.25. The summed E-state index contributed by atoms with van der Waals surface area (Å²) in [5.74, 6) is -0.226. The van der Waals surface area contributed by atoms with Crippen LogP contribution in [0.5, 0.6) is 0 Å². The van der Waals surface area contributed by atoms with E-state index in [2.05, 4.69) is 4.98 Å². The first kappa shape index (κ1) is 26.1. The van der Waals surface area contributed by atoms with Gasteiger partial charge in [0, 0.05) is 24.8 Å². The number of sulfone groups is 1. The van der Waals surface area contributed by atoms with Crippen molar-refractivity contribution in [1.29, 1.82) is 0 Å². The average molecular weight is 510 g/mol. The van der Waals surface area contributed by atoms with Crippen LogP contribution < -0.4 is 0 Å². The fourth-order valence-corrected chi connectivity index (χ4v) is 6.35. The molecule has 2 heterocycles. The van der Waals surface area contributed by atoms with E-state index in [1.807, 2.05) is 76.2 Å². The third-order valence-electron chi connectivity index (χ3n) is 6.63. The van der Waals surface area contributed by atoms with Gasteiger partial charge in [0.2, 0.25) is 15.0 Å². The molecule has 0 N–H and O–H groups in total. The molecule has 1 aromatic heterocycles. The summed E-state index contributed by atoms with van der Waals surface area (Å²) >= 11 is 0. The minimum atomic E-state index is -3.70. The number of hydrogen-bond donors (Lipinski definition) is 0. The zero-order valence-corrected chi connectivity index (χ0v) is 22.3. The minimum Gasteiger partial charge on any atom is -0.376 e. The van der Waals surface area contributed by atoms with Crippen LogP contribution in [0.1, 0.15) is 65.5 Å². The van der Waals surface area contributed by atoms with Crippen LogP contribution >= 0.6 is 0 Å². The maximum atomic E-state index is 13.5. The van der Waals surface area contributed by atoms with Crippen LogP contribution in [0.4, 0.5) is 0 Å². The summed E-state index contributed by atoms with van der Waals surface area (Å²) < 4.78 is 34.5. The van der Waals surface area contributed by atoms with Crippen molar-refractivity contribution in [3.63, 3.8) is 0 Å². The smallest absolute Gasteiger partial charge is 0.254 e. The van der Waals surface area contributed by atoms with Gasteiger partial charge in [-0.25, -0.2) is 13.4 Å². The molecule has 36 heavy (non-hydrogen) atoms. The van der Waals surface area contributed by atoms with Crippen molar-refractivity contribution in [3.05, 3.63) is 82.7 Å². The van der Waals surface area contributed by atoms with Gasteiger partial charge in [0.1, 0.15) is 0 Å². The molecule has 7 nitrogen and oxygen atoms in total. The Kier molecular flexibility index (Phi) is 7.95. The number of rotatable bonds is 9. The molecule has 0 radical (unpaired) electrons. The van der Waals surface area contributed by atoms with Crippen molar-refractivity contribution in [3.8, 4) is 0 Å². The average Bonchev–Trinajstić information content (AvgIpc) is 3.50. The number of aromatic nitrogens is 2. The van der Waals surface area contributed by atoms with Gasteiger partial charge in [-0.2, -0.15) is 0 Å². The quantitative estimate of drug-likeness (QED) is 0.411. The van der Waals surface area contributed by atoms with E-state index < -0.39 is 9.84 Å². The van der Waals surface area contributed by atoms with E-state index in [0.29, 0.717) is 24.4 Å². The molecule has 0 aliphatic carbocycles. The van der Waals surface area contributed by atoms with E-state index in [1.165, 1.54) is 0 Å². The predicted octanol–water partition coefficient (Wildman–Crippen LogP) is 4.88. The van der Waals surface area contributed by atoms with Crippen LogP contribution in [-0.4, -0.2) is 48.0 Å². The first-order valence-electron chi connectivity index (χ1n) is 12.5. The molecule has 1 aliphatic heterocycles. The molecule has 1 fully saturated rings.